The van der Waals surface area contributed by atoms with E-state index in [0.717, 1.165) is 0 Å². The summed E-state index contributed by atoms with van der Waals surface area (Å²) >= 11 is 1.67. The zero-order valence-corrected chi connectivity index (χ0v) is 6.24. The molecule has 0 aliphatic carbocycles. The lowest BCUT2D eigenvalue weighted by Gasteiger charge is -2.04. The van der Waals surface area contributed by atoms with Crippen LogP contribution in [0.5, 0.6) is 0 Å². The molecule has 0 N–H and O–H groups in total. The number of hydrogen-bond donors (Lipinski definition) is 0. The van der Waals surface area contributed by atoms with Gasteiger partial charge < -0.3 is 0 Å². The third kappa shape index (κ3) is 2.74. The van der Waals surface area contributed by atoms with Crippen molar-refractivity contribution in [3.8, 4) is 0 Å². The van der Waals surface area contributed by atoms with E-state index in [2.05, 4.69) is 0 Å². The molecular weight excluding hydrogens is 232 g/mol. The van der Waals surface area contributed by atoms with Crippen LogP contribution in [0.3, 0.4) is 0 Å². The number of rotatable bonds is 3. The van der Waals surface area contributed by atoms with Gasteiger partial charge in [0.2, 0.25) is 0 Å². The number of alkyl halides is 4. The molecule has 0 heterocycles. The first-order chi connectivity index (χ1) is 3.72. The molecule has 0 fully saturated rings. The SMILES string of the molecule is FCC(F)C(F)CI. The molecular formula is C4H6F3I. The maximum absolute atomic E-state index is 11.9. The van der Waals surface area contributed by atoms with E-state index < -0.39 is 19.0 Å². The van der Waals surface area contributed by atoms with Crippen LogP contribution >= 0.6 is 22.6 Å². The Morgan fingerprint density at radius 2 is 1.75 bits per heavy atom. The van der Waals surface area contributed by atoms with Crippen molar-refractivity contribution >= 4 is 22.6 Å². The minimum Gasteiger partial charge on any atom is -0.248 e. The fourth-order valence-corrected chi connectivity index (χ4v) is 0.745. The highest BCUT2D eigenvalue weighted by Gasteiger charge is 2.17. The van der Waals surface area contributed by atoms with Gasteiger partial charge in [-0.1, -0.05) is 22.6 Å². The fraction of sp³-hybridized carbons (Fsp3) is 1.00. The van der Waals surface area contributed by atoms with E-state index in [4.69, 9.17) is 0 Å². The molecule has 50 valence electrons. The third-order valence-electron chi connectivity index (χ3n) is 0.687. The minimum absolute atomic E-state index is 0.0167. The lowest BCUT2D eigenvalue weighted by atomic mass is 10.3. The molecule has 0 aliphatic rings. The van der Waals surface area contributed by atoms with Crippen LogP contribution < -0.4 is 0 Å². The summed E-state index contributed by atoms with van der Waals surface area (Å²) in [6, 6.07) is 0. The molecule has 0 spiro atoms. The quantitative estimate of drug-likeness (QED) is 0.521. The van der Waals surface area contributed by atoms with Crippen molar-refractivity contribution in [1.82, 2.24) is 0 Å². The van der Waals surface area contributed by atoms with Gasteiger partial charge in [-0.25, -0.2) is 13.2 Å². The average Bonchev–Trinajstić information content (AvgIpc) is 1.84. The molecule has 0 saturated carbocycles. The smallest absolute Gasteiger partial charge is 0.160 e. The average molecular weight is 238 g/mol. The first-order valence-electron chi connectivity index (χ1n) is 2.12. The molecule has 0 bridgehead atoms. The van der Waals surface area contributed by atoms with E-state index in [1.807, 2.05) is 0 Å². The molecule has 0 radical (unpaired) electrons. The van der Waals surface area contributed by atoms with Crippen molar-refractivity contribution in [2.45, 2.75) is 12.3 Å². The highest BCUT2D eigenvalue weighted by molar-refractivity contribution is 14.1. The van der Waals surface area contributed by atoms with Crippen LogP contribution in [-0.2, 0) is 0 Å². The lowest BCUT2D eigenvalue weighted by molar-refractivity contribution is 0.155. The zero-order valence-electron chi connectivity index (χ0n) is 4.08. The first kappa shape index (κ1) is 8.52. The molecule has 2 atom stereocenters. The topological polar surface area (TPSA) is 0 Å². The maximum atomic E-state index is 11.9. The van der Waals surface area contributed by atoms with Gasteiger partial charge in [0.15, 0.2) is 6.17 Å². The molecule has 0 aromatic heterocycles. The second-order valence-electron chi connectivity index (χ2n) is 1.34. The van der Waals surface area contributed by atoms with Crippen LogP contribution in [-0.4, -0.2) is 23.4 Å². The minimum atomic E-state index is -1.92. The van der Waals surface area contributed by atoms with Crippen molar-refractivity contribution in [2.75, 3.05) is 11.1 Å². The lowest BCUT2D eigenvalue weighted by Crippen LogP contribution is -2.20. The Bertz CT molecular complexity index is 51.2. The van der Waals surface area contributed by atoms with Crippen molar-refractivity contribution < 1.29 is 13.2 Å². The van der Waals surface area contributed by atoms with Crippen molar-refractivity contribution in [1.29, 1.82) is 0 Å². The summed E-state index contributed by atoms with van der Waals surface area (Å²) in [7, 11) is 0. The first-order valence-corrected chi connectivity index (χ1v) is 3.65. The Hall–Kier alpha value is 0.520. The molecule has 0 nitrogen and oxygen atoms in total. The van der Waals surface area contributed by atoms with Gasteiger partial charge >= 0.3 is 0 Å². The van der Waals surface area contributed by atoms with E-state index in [0.29, 0.717) is 0 Å². The zero-order chi connectivity index (χ0) is 6.57. The molecule has 0 aliphatic heterocycles. The third-order valence-corrected chi connectivity index (χ3v) is 1.53. The van der Waals surface area contributed by atoms with Gasteiger partial charge in [-0.05, 0) is 0 Å². The summed E-state index contributed by atoms with van der Waals surface area (Å²) in [6.07, 6.45) is -3.56. The van der Waals surface area contributed by atoms with E-state index in [-0.39, 0.29) is 4.43 Å². The van der Waals surface area contributed by atoms with E-state index in [1.165, 1.54) is 0 Å². The predicted octanol–water partition coefficient (Wildman–Crippen LogP) is 2.07. The Balaban J connectivity index is 3.29. The van der Waals surface area contributed by atoms with Crippen molar-refractivity contribution in [2.24, 2.45) is 0 Å². The predicted molar refractivity (Wildman–Crippen MR) is 34.7 cm³/mol. The molecule has 2 unspecified atom stereocenters. The molecule has 0 saturated heterocycles. The summed E-state index contributed by atoms with van der Waals surface area (Å²) in [5, 5.41) is 0. The van der Waals surface area contributed by atoms with Crippen molar-refractivity contribution in [3.63, 3.8) is 0 Å². The van der Waals surface area contributed by atoms with Gasteiger partial charge in [0.05, 0.1) is 0 Å². The highest BCUT2D eigenvalue weighted by Crippen LogP contribution is 2.07. The summed E-state index contributed by atoms with van der Waals surface area (Å²) in [5.41, 5.74) is 0. The maximum Gasteiger partial charge on any atom is 0.160 e. The molecule has 0 aromatic rings. The van der Waals surface area contributed by atoms with Crippen LogP contribution in [0, 0.1) is 0 Å². The van der Waals surface area contributed by atoms with Crippen LogP contribution in [0.4, 0.5) is 13.2 Å². The van der Waals surface area contributed by atoms with Gasteiger partial charge in [0.1, 0.15) is 12.8 Å². The molecule has 0 amide bonds. The monoisotopic (exact) mass is 238 g/mol. The van der Waals surface area contributed by atoms with Gasteiger partial charge in [-0.2, -0.15) is 0 Å². The Morgan fingerprint density at radius 3 is 1.88 bits per heavy atom. The standard InChI is InChI=1S/C4H6F3I/c5-1-3(6)4(7)2-8/h3-4H,1-2H2. The van der Waals surface area contributed by atoms with Crippen LogP contribution in [0.1, 0.15) is 0 Å². The summed E-state index contributed by atoms with van der Waals surface area (Å²) < 4.78 is 34.9. The largest absolute Gasteiger partial charge is 0.248 e. The Labute approximate surface area is 59.6 Å². The van der Waals surface area contributed by atoms with Crippen LogP contribution in [0.25, 0.3) is 0 Å². The number of hydrogen-bond acceptors (Lipinski definition) is 0. The fourth-order valence-electron chi connectivity index (χ4n) is 0.193. The molecule has 0 aromatic carbocycles. The molecule has 4 heteroatoms. The summed E-state index contributed by atoms with van der Waals surface area (Å²) in [6.45, 7) is -1.22. The van der Waals surface area contributed by atoms with Gasteiger partial charge in [0, 0.05) is 4.43 Å². The van der Waals surface area contributed by atoms with Gasteiger partial charge in [0.25, 0.3) is 0 Å². The Kier molecular flexibility index (Phi) is 4.69. The highest BCUT2D eigenvalue weighted by atomic mass is 127. The Morgan fingerprint density at radius 1 is 1.25 bits per heavy atom. The molecule has 0 rings (SSSR count). The van der Waals surface area contributed by atoms with E-state index in [9.17, 15) is 13.2 Å². The molecule has 8 heavy (non-hydrogen) atoms. The van der Waals surface area contributed by atoms with Gasteiger partial charge in [-0.15, -0.1) is 0 Å². The van der Waals surface area contributed by atoms with Crippen molar-refractivity contribution in [3.05, 3.63) is 0 Å². The second kappa shape index (κ2) is 4.40. The second-order valence-corrected chi connectivity index (χ2v) is 2.22. The van der Waals surface area contributed by atoms with Gasteiger partial charge in [-0.3, -0.25) is 0 Å². The van der Waals surface area contributed by atoms with E-state index >= 15 is 0 Å². The normalized spacial score (nSPS) is 18.0. The summed E-state index contributed by atoms with van der Waals surface area (Å²) in [5.74, 6) is 0. The van der Waals surface area contributed by atoms with Crippen LogP contribution in [0.15, 0.2) is 0 Å². The van der Waals surface area contributed by atoms with Crippen LogP contribution in [0.2, 0.25) is 0 Å². The van der Waals surface area contributed by atoms with E-state index in [1.54, 1.807) is 22.6 Å². The summed E-state index contributed by atoms with van der Waals surface area (Å²) in [4.78, 5) is 0. The number of halogens is 4.